The van der Waals surface area contributed by atoms with Crippen LogP contribution in [0.15, 0.2) is 30.7 Å². The lowest BCUT2D eigenvalue weighted by molar-refractivity contribution is -0.142. The molecule has 5 amide bonds. The molecule has 1 aliphatic rings. The number of nitrogens with two attached hydrogens (primary N) is 6. The Labute approximate surface area is 507 Å². The standard InChI is InChI=1S/C8H13N5O3.2C7H13N5O3.C7H12N4O3.2C6H11N5O4/c9-6(8(15)16)3-7(14)13-2-1-5(4-13)11-12-10;8-5(7(14)15)1-2-6(13)10-3-4-11-12-9;8-5(7(14)15)4-10-6(13)2-1-3-11-12-9;8-6(7(13)14)4-5(12)2-1-3-10-11-9;7-4(5(12)13)3-9-6(14)15-2-1-10-11-8;7-4(5(12)13)3-15-6(14)9-1-2-10-11-8/h5-6H,1-4,9H2,(H,15,16);2*5H,1-4,8H2,(H,10,13)(H,14,15);6H,1-4,8H2,(H,13,14);2*4H,1-3,7H2,(H,9,14)(H,12,13)/t5?,6-;2*5-;6-;2*4-/m000000/s1. The van der Waals surface area contributed by atoms with Crippen LogP contribution in [0.3, 0.4) is 0 Å². The van der Waals surface area contributed by atoms with E-state index in [4.69, 9.17) is 98.2 Å². The number of hydrogen-bond donors (Lipinski definition) is 16. The van der Waals surface area contributed by atoms with Gasteiger partial charge in [-0.15, -0.1) is 0 Å². The van der Waals surface area contributed by atoms with Crippen molar-refractivity contribution in [2.45, 2.75) is 100 Å². The Morgan fingerprint density at radius 3 is 1.38 bits per heavy atom. The zero-order valence-corrected chi connectivity index (χ0v) is 48.0. The number of ether oxygens (including phenoxy) is 2. The first kappa shape index (κ1) is 87.8. The summed E-state index contributed by atoms with van der Waals surface area (Å²) in [5.41, 5.74) is 78.7. The first-order valence-corrected chi connectivity index (χ1v) is 25.6. The molecule has 22 N–H and O–H groups in total. The molecule has 7 atom stereocenters. The Hall–Kier alpha value is -10.9. The van der Waals surface area contributed by atoms with Crippen molar-refractivity contribution < 1.29 is 97.6 Å². The van der Waals surface area contributed by atoms with Crippen molar-refractivity contribution in [3.63, 3.8) is 0 Å². The predicted octanol–water partition coefficient (Wildman–Crippen LogP) is -1.77. The van der Waals surface area contributed by atoms with Crippen molar-refractivity contribution in [1.29, 1.82) is 0 Å². The molecule has 0 aromatic rings. The zero-order valence-electron chi connectivity index (χ0n) is 48.0. The van der Waals surface area contributed by atoms with Crippen LogP contribution in [-0.2, 0) is 57.4 Å². The molecule has 0 spiro atoms. The van der Waals surface area contributed by atoms with Crippen LogP contribution in [0.2, 0.25) is 0 Å². The maximum absolute atomic E-state index is 11.6. The van der Waals surface area contributed by atoms with Crippen LogP contribution in [0.25, 0.3) is 62.7 Å². The molecule has 1 rings (SSSR count). The average molecular weight is 1290 g/mol. The molecule has 90 heavy (non-hydrogen) atoms. The van der Waals surface area contributed by atoms with E-state index in [0.717, 1.165) is 0 Å². The van der Waals surface area contributed by atoms with Crippen LogP contribution >= 0.6 is 0 Å². The number of azide groups is 6. The molecule has 1 saturated heterocycles. The highest BCUT2D eigenvalue weighted by Gasteiger charge is 2.28. The van der Waals surface area contributed by atoms with Gasteiger partial charge in [0.25, 0.3) is 0 Å². The number of nitrogens with one attached hydrogen (secondary N) is 4. The van der Waals surface area contributed by atoms with Crippen molar-refractivity contribution in [3.8, 4) is 0 Å². The van der Waals surface area contributed by atoms with Gasteiger partial charge in [0.1, 0.15) is 48.6 Å². The smallest absolute Gasteiger partial charge is 0.407 e. The van der Waals surface area contributed by atoms with E-state index in [1.165, 1.54) is 4.90 Å². The fraction of sp³-hybridized carbons (Fsp3) is 0.707. The van der Waals surface area contributed by atoms with E-state index < -0.39 is 90.9 Å². The second-order valence-corrected chi connectivity index (χ2v) is 16.8. The summed E-state index contributed by atoms with van der Waals surface area (Å²) >= 11 is 0. The topological polar surface area (TPSA) is 845 Å². The summed E-state index contributed by atoms with van der Waals surface area (Å²) in [4.78, 5) is 145. The number of carboxylic acid groups (broad SMARTS) is 6. The summed E-state index contributed by atoms with van der Waals surface area (Å²) in [6.45, 7) is 1.14. The van der Waals surface area contributed by atoms with Gasteiger partial charge in [-0.1, -0.05) is 30.7 Å². The predicted molar refractivity (Wildman–Crippen MR) is 305 cm³/mol. The molecule has 0 aromatic heterocycles. The molecule has 0 aliphatic carbocycles. The molecule has 49 nitrogen and oxygen atoms in total. The Balaban J connectivity index is -0.000000321. The Kier molecular flexibility index (Phi) is 57.0. The fourth-order valence-corrected chi connectivity index (χ4v) is 5.01. The number of hydrogen-bond acceptors (Lipinski definition) is 26. The molecule has 49 heteroatoms. The van der Waals surface area contributed by atoms with Crippen molar-refractivity contribution in [3.05, 3.63) is 62.7 Å². The maximum atomic E-state index is 11.6. The molecule has 0 aromatic carbocycles. The lowest BCUT2D eigenvalue weighted by atomic mass is 10.1. The second kappa shape index (κ2) is 58.4. The van der Waals surface area contributed by atoms with Gasteiger partial charge in [0.15, 0.2) is 0 Å². The number of amides is 5. The number of likely N-dealkylation sites (tertiary alicyclic amines) is 1. The summed E-state index contributed by atoms with van der Waals surface area (Å²) in [6, 6.07) is -7.05. The SMILES string of the molecule is [N-]=[N+]=NC1CCN(C(=O)C[C@H](N)C(=O)O)C1.[N-]=[N+]=NCCCC(=O)C[C@H](N)C(=O)O.[N-]=[N+]=NCCCC(=O)NC[C@H](N)C(=O)O.[N-]=[N+]=NCCNC(=O)CC[C@H](N)C(=O)O.[N-]=[N+]=NCCNC(=O)OC[C@H](N)C(=O)O.[N-]=[N+]=NCCOC(=O)NC[C@H](N)C(=O)O. The van der Waals surface area contributed by atoms with Gasteiger partial charge in [-0.05, 0) is 58.9 Å². The molecule has 0 saturated carbocycles. The van der Waals surface area contributed by atoms with E-state index >= 15 is 0 Å². The Bertz CT molecular complexity index is 2360. The number of rotatable bonds is 37. The van der Waals surface area contributed by atoms with Crippen molar-refractivity contribution in [1.82, 2.24) is 26.2 Å². The third kappa shape index (κ3) is 58.8. The molecule has 0 bridgehead atoms. The van der Waals surface area contributed by atoms with Gasteiger partial charge in [-0.25, -0.2) is 9.59 Å². The van der Waals surface area contributed by atoms with E-state index in [0.29, 0.717) is 32.4 Å². The first-order valence-electron chi connectivity index (χ1n) is 25.6. The molecule has 1 unspecified atom stereocenters. The molecule has 1 aliphatic heterocycles. The number of ketones is 1. The van der Waals surface area contributed by atoms with Gasteiger partial charge >= 0.3 is 48.0 Å². The van der Waals surface area contributed by atoms with E-state index in [1.807, 2.05) is 0 Å². The number of Topliss-reactive ketones (excluding diaryl/α,β-unsaturated/α-hetero) is 1. The Morgan fingerprint density at radius 2 is 0.900 bits per heavy atom. The van der Waals surface area contributed by atoms with Gasteiger partial charge in [-0.3, -0.25) is 47.9 Å². The van der Waals surface area contributed by atoms with Crippen LogP contribution < -0.4 is 55.7 Å². The summed E-state index contributed by atoms with van der Waals surface area (Å²) in [7, 11) is 0. The molecular formula is C41H73N29O20. The van der Waals surface area contributed by atoms with Crippen LogP contribution in [0.4, 0.5) is 9.59 Å². The zero-order chi connectivity index (χ0) is 69.8. The Morgan fingerprint density at radius 1 is 0.478 bits per heavy atom. The van der Waals surface area contributed by atoms with Crippen LogP contribution in [0.1, 0.15) is 57.8 Å². The quantitative estimate of drug-likeness (QED) is 0.0142. The third-order valence-corrected chi connectivity index (χ3v) is 9.67. The van der Waals surface area contributed by atoms with Gasteiger partial charge < -0.3 is 101 Å². The summed E-state index contributed by atoms with van der Waals surface area (Å²) in [6.07, 6.45) is -0.0348. The highest BCUT2D eigenvalue weighted by atomic mass is 16.6. The minimum atomic E-state index is -1.25. The largest absolute Gasteiger partial charge is 0.480 e. The monoisotopic (exact) mass is 1290 g/mol. The number of alkyl carbamates (subject to hydrolysis) is 2. The van der Waals surface area contributed by atoms with Crippen LogP contribution in [0, 0.1) is 0 Å². The first-order chi connectivity index (χ1) is 42.4. The molecular weight excluding hydrogens is 1220 g/mol. The maximum Gasteiger partial charge on any atom is 0.407 e. The molecule has 502 valence electrons. The van der Waals surface area contributed by atoms with Gasteiger partial charge in [-0.2, -0.15) is 0 Å². The lowest BCUT2D eigenvalue weighted by Crippen LogP contribution is -2.42. The van der Waals surface area contributed by atoms with Crippen molar-refractivity contribution >= 4 is 71.5 Å². The number of nitrogens with zero attached hydrogens (tertiary/aromatic N) is 19. The van der Waals surface area contributed by atoms with Gasteiger partial charge in [0.2, 0.25) is 17.7 Å². The average Bonchev–Trinajstić information content (AvgIpc) is 3.33. The van der Waals surface area contributed by atoms with E-state index in [-0.39, 0.29) is 134 Å². The van der Waals surface area contributed by atoms with Crippen LogP contribution in [-0.4, -0.2) is 235 Å². The molecule has 1 heterocycles. The van der Waals surface area contributed by atoms with E-state index in [1.54, 1.807) is 0 Å². The minimum absolute atomic E-state index is 0.0227. The van der Waals surface area contributed by atoms with Crippen LogP contribution in [0.5, 0.6) is 0 Å². The van der Waals surface area contributed by atoms with Crippen molar-refractivity contribution in [2.24, 2.45) is 65.1 Å². The number of carboxylic acids is 6. The third-order valence-electron chi connectivity index (χ3n) is 9.67. The summed E-state index contributed by atoms with van der Waals surface area (Å²) < 4.78 is 8.97. The highest BCUT2D eigenvalue weighted by molar-refractivity contribution is 5.86. The van der Waals surface area contributed by atoms with Gasteiger partial charge in [0.05, 0.1) is 25.6 Å². The minimum Gasteiger partial charge on any atom is -0.480 e. The lowest BCUT2D eigenvalue weighted by Gasteiger charge is -2.16. The van der Waals surface area contributed by atoms with Gasteiger partial charge in [0, 0.05) is 121 Å². The van der Waals surface area contributed by atoms with E-state index in [2.05, 4.69) is 90.9 Å². The second-order valence-electron chi connectivity index (χ2n) is 16.8. The molecule has 1 fully saturated rings. The highest BCUT2D eigenvalue weighted by Crippen LogP contribution is 2.14. The van der Waals surface area contributed by atoms with Crippen molar-refractivity contribution in [2.75, 3.05) is 85.2 Å². The number of carbonyl (C=O) groups is 12. The normalized spacial score (nSPS) is 13.0. The number of aliphatic carboxylic acids is 6. The number of carbonyl (C=O) groups excluding carboxylic acids is 6. The fourth-order valence-electron chi connectivity index (χ4n) is 5.01. The summed E-state index contributed by atoms with van der Waals surface area (Å²) in [5.74, 6) is -8.30. The van der Waals surface area contributed by atoms with E-state index in [9.17, 15) is 57.5 Å². The molecule has 0 radical (unpaired) electrons. The summed E-state index contributed by atoms with van der Waals surface area (Å²) in [5, 5.41) is 79.2.